The molecule has 3 aliphatic rings. The van der Waals surface area contributed by atoms with Gasteiger partial charge in [-0.05, 0) is 86.7 Å². The summed E-state index contributed by atoms with van der Waals surface area (Å²) in [6.45, 7) is 11.5. The van der Waals surface area contributed by atoms with E-state index in [9.17, 15) is 14.0 Å². The molecule has 3 heterocycles. The number of halogens is 2. The zero-order valence-electron chi connectivity index (χ0n) is 30.2. The number of ether oxygens (including phenoxy) is 2. The molecule has 12 heteroatoms. The van der Waals surface area contributed by atoms with Gasteiger partial charge in [-0.25, -0.2) is 9.18 Å². The van der Waals surface area contributed by atoms with Gasteiger partial charge in [0.05, 0.1) is 6.61 Å². The van der Waals surface area contributed by atoms with Gasteiger partial charge < -0.3 is 34.8 Å². The topological polar surface area (TPSA) is 89.6 Å². The van der Waals surface area contributed by atoms with E-state index in [0.717, 1.165) is 75.7 Å². The Morgan fingerprint density at radius 1 is 0.923 bits per heavy atom. The molecular weight excluding hydrogens is 683 g/mol. The van der Waals surface area contributed by atoms with Gasteiger partial charge in [0, 0.05) is 81.7 Å². The van der Waals surface area contributed by atoms with E-state index < -0.39 is 12.1 Å². The molecular formula is C40H52ClFN6O4. The van der Waals surface area contributed by atoms with Gasteiger partial charge in [0.1, 0.15) is 24.2 Å². The molecule has 0 radical (unpaired) electrons. The van der Waals surface area contributed by atoms with Crippen molar-refractivity contribution < 1.29 is 23.5 Å². The van der Waals surface area contributed by atoms with Crippen LogP contribution in [0.2, 0.25) is 5.02 Å². The van der Waals surface area contributed by atoms with E-state index in [4.69, 9.17) is 21.1 Å². The third-order valence-electron chi connectivity index (χ3n) is 10.5. The molecule has 0 unspecified atom stereocenters. The van der Waals surface area contributed by atoms with Gasteiger partial charge in [-0.1, -0.05) is 48.0 Å². The Bertz CT molecular complexity index is 1610. The number of alkyl carbamates (subject to hydrolysis) is 1. The van der Waals surface area contributed by atoms with Crippen LogP contribution in [-0.2, 0) is 29.1 Å². The van der Waals surface area contributed by atoms with Crippen molar-refractivity contribution in [2.24, 2.45) is 5.92 Å². The number of nitrogens with zero attached hydrogens (tertiary/aromatic N) is 4. The summed E-state index contributed by atoms with van der Waals surface area (Å²) >= 11 is 6.44. The number of benzene rings is 3. The summed E-state index contributed by atoms with van der Waals surface area (Å²) in [5, 5.41) is 7.16. The predicted octanol–water partition coefficient (Wildman–Crippen LogP) is 5.18. The lowest BCUT2D eigenvalue weighted by atomic mass is 9.88. The molecule has 3 saturated heterocycles. The monoisotopic (exact) mass is 734 g/mol. The lowest BCUT2D eigenvalue weighted by Crippen LogP contribution is -2.58. The molecule has 10 nitrogen and oxygen atoms in total. The van der Waals surface area contributed by atoms with Crippen LogP contribution in [0.15, 0.2) is 66.7 Å². The Hall–Kier alpha value is -3.90. The molecule has 3 aliphatic heterocycles. The maximum atomic E-state index is 14.8. The Morgan fingerprint density at radius 2 is 1.67 bits per heavy atom. The molecule has 52 heavy (non-hydrogen) atoms. The van der Waals surface area contributed by atoms with Crippen molar-refractivity contribution in [3.63, 3.8) is 0 Å². The van der Waals surface area contributed by atoms with Gasteiger partial charge in [0.15, 0.2) is 0 Å². The number of hydrogen-bond donors (Lipinski definition) is 2. The summed E-state index contributed by atoms with van der Waals surface area (Å²) in [5.41, 5.74) is 3.93. The molecule has 1 atom stereocenters. The highest BCUT2D eigenvalue weighted by Gasteiger charge is 2.37. The number of rotatable bonds is 13. The Kier molecular flexibility index (Phi) is 13.6. The van der Waals surface area contributed by atoms with E-state index in [1.165, 1.54) is 17.3 Å². The summed E-state index contributed by atoms with van der Waals surface area (Å²) < 4.78 is 26.0. The second-order valence-corrected chi connectivity index (χ2v) is 14.3. The van der Waals surface area contributed by atoms with Crippen molar-refractivity contribution in [1.29, 1.82) is 0 Å². The highest BCUT2D eigenvalue weighted by Crippen LogP contribution is 2.28. The second kappa shape index (κ2) is 18.7. The van der Waals surface area contributed by atoms with Crippen molar-refractivity contribution in [2.75, 3.05) is 83.5 Å². The van der Waals surface area contributed by atoms with Crippen LogP contribution in [0.3, 0.4) is 0 Å². The van der Waals surface area contributed by atoms with Gasteiger partial charge in [-0.2, -0.15) is 0 Å². The minimum absolute atomic E-state index is 0.0270. The largest absolute Gasteiger partial charge is 0.493 e. The molecule has 0 bridgehead atoms. The summed E-state index contributed by atoms with van der Waals surface area (Å²) in [6.07, 6.45) is 1.86. The second-order valence-electron chi connectivity index (χ2n) is 13.9. The summed E-state index contributed by atoms with van der Waals surface area (Å²) in [7, 11) is 0. The van der Waals surface area contributed by atoms with Crippen molar-refractivity contribution in [1.82, 2.24) is 25.3 Å². The number of nitrogens with one attached hydrogen (secondary N) is 2. The number of piperazine rings is 2. The third kappa shape index (κ3) is 10.2. The number of hydrogen-bond acceptors (Lipinski definition) is 8. The first kappa shape index (κ1) is 37.8. The van der Waals surface area contributed by atoms with E-state index in [0.29, 0.717) is 50.6 Å². The number of amides is 2. The summed E-state index contributed by atoms with van der Waals surface area (Å²) in [4.78, 5) is 36.2. The maximum Gasteiger partial charge on any atom is 0.408 e. The molecule has 0 aromatic heterocycles. The van der Waals surface area contributed by atoms with Gasteiger partial charge in [0.25, 0.3) is 0 Å². The van der Waals surface area contributed by atoms with E-state index >= 15 is 0 Å². The molecule has 6 rings (SSSR count). The molecule has 0 saturated carbocycles. The van der Waals surface area contributed by atoms with Gasteiger partial charge in [0.2, 0.25) is 5.91 Å². The first-order chi connectivity index (χ1) is 25.4. The van der Waals surface area contributed by atoms with Crippen LogP contribution in [0.1, 0.15) is 36.5 Å². The van der Waals surface area contributed by atoms with E-state index in [-0.39, 0.29) is 24.2 Å². The lowest BCUT2D eigenvalue weighted by Gasteiger charge is -2.40. The molecule has 2 amide bonds. The van der Waals surface area contributed by atoms with Crippen molar-refractivity contribution in [2.45, 2.75) is 45.4 Å². The zero-order valence-corrected chi connectivity index (χ0v) is 31.0. The van der Waals surface area contributed by atoms with E-state index in [2.05, 4.69) is 37.5 Å². The Morgan fingerprint density at radius 3 is 2.40 bits per heavy atom. The quantitative estimate of drug-likeness (QED) is 0.249. The maximum absolute atomic E-state index is 14.8. The SMILES string of the molecule is CCOc1cccc(F)c1CN1CCN(C(=O)[C@H](NC(=O)OCc2ccccc2)C2CCN(CCc3cc(Cl)ccc3N3CCNCC3)CC2)CC1. The fourth-order valence-electron chi connectivity index (χ4n) is 7.56. The van der Waals surface area contributed by atoms with E-state index in [1.807, 2.05) is 48.2 Å². The standard InChI is InChI=1S/C40H52ClFN6O4/c1-2-51-37-10-6-9-35(42)34(37)28-46-23-25-48(26-24-46)39(49)38(44-40(50)52-29-30-7-4-3-5-8-30)31-13-18-45(19-14-31)20-15-32-27-33(41)11-12-36(32)47-21-16-43-17-22-47/h3-12,27,31,38,43H,2,13-26,28-29H2,1H3,(H,44,50)/t38-/m1/s1. The highest BCUT2D eigenvalue weighted by atomic mass is 35.5. The predicted molar refractivity (Wildman–Crippen MR) is 202 cm³/mol. The highest BCUT2D eigenvalue weighted by molar-refractivity contribution is 6.30. The third-order valence-corrected chi connectivity index (χ3v) is 10.7. The zero-order chi connectivity index (χ0) is 36.3. The molecule has 3 fully saturated rings. The normalized spacial score (nSPS) is 18.2. The molecule has 0 aliphatic carbocycles. The minimum Gasteiger partial charge on any atom is -0.493 e. The fraction of sp³-hybridized carbons (Fsp3) is 0.500. The fourth-order valence-corrected chi connectivity index (χ4v) is 7.75. The van der Waals surface area contributed by atoms with Crippen molar-refractivity contribution in [3.8, 4) is 5.75 Å². The molecule has 3 aromatic rings. The molecule has 2 N–H and O–H groups in total. The number of carbonyl (C=O) groups is 2. The van der Waals surface area contributed by atoms with Gasteiger partial charge >= 0.3 is 6.09 Å². The van der Waals surface area contributed by atoms with Crippen molar-refractivity contribution in [3.05, 3.63) is 94.3 Å². The van der Waals surface area contributed by atoms with Crippen LogP contribution in [0.4, 0.5) is 14.9 Å². The number of anilines is 1. The summed E-state index contributed by atoms with van der Waals surface area (Å²) in [6, 6.07) is 20.0. The molecule has 0 spiro atoms. The number of likely N-dealkylation sites (tertiary alicyclic amines) is 1. The Balaban J connectivity index is 1.07. The van der Waals surface area contributed by atoms with Gasteiger partial charge in [-0.15, -0.1) is 0 Å². The first-order valence-electron chi connectivity index (χ1n) is 18.7. The average Bonchev–Trinajstić information content (AvgIpc) is 3.18. The number of piperidine rings is 1. The van der Waals surface area contributed by atoms with Crippen LogP contribution in [0.5, 0.6) is 5.75 Å². The smallest absolute Gasteiger partial charge is 0.408 e. The minimum atomic E-state index is -0.694. The van der Waals surface area contributed by atoms with E-state index in [1.54, 1.807) is 12.1 Å². The van der Waals surface area contributed by atoms with Crippen LogP contribution < -0.4 is 20.3 Å². The van der Waals surface area contributed by atoms with Crippen LogP contribution in [-0.4, -0.2) is 111 Å². The average molecular weight is 735 g/mol. The first-order valence-corrected chi connectivity index (χ1v) is 19.1. The van der Waals surface area contributed by atoms with Crippen LogP contribution >= 0.6 is 11.6 Å². The lowest BCUT2D eigenvalue weighted by molar-refractivity contribution is -0.137. The van der Waals surface area contributed by atoms with Crippen LogP contribution in [0, 0.1) is 11.7 Å². The van der Waals surface area contributed by atoms with Crippen molar-refractivity contribution >= 4 is 29.3 Å². The summed E-state index contributed by atoms with van der Waals surface area (Å²) in [5.74, 6) is 0.149. The number of carbonyl (C=O) groups excluding carboxylic acids is 2. The van der Waals surface area contributed by atoms with Crippen LogP contribution in [0.25, 0.3) is 0 Å². The van der Waals surface area contributed by atoms with Gasteiger partial charge in [-0.3, -0.25) is 9.69 Å². The Labute approximate surface area is 312 Å². The molecule has 3 aromatic carbocycles. The molecule has 280 valence electrons.